The Morgan fingerprint density at radius 1 is 0.931 bits per heavy atom. The highest BCUT2D eigenvalue weighted by atomic mass is 19.1. The molecule has 0 bridgehead atoms. The molecule has 29 heavy (non-hydrogen) atoms. The van der Waals surface area contributed by atoms with E-state index in [1.54, 1.807) is 0 Å². The Hall–Kier alpha value is -1.25. The summed E-state index contributed by atoms with van der Waals surface area (Å²) < 4.78 is 19.9. The molecule has 0 spiro atoms. The molecule has 164 valence electrons. The first-order valence-electron chi connectivity index (χ1n) is 11.2. The Kier molecular flexibility index (Phi) is 6.14. The summed E-state index contributed by atoms with van der Waals surface area (Å²) in [6.45, 7) is 0. The highest BCUT2D eigenvalue weighted by Gasteiger charge is 2.53. The quantitative estimate of drug-likeness (QED) is 0.543. The molecule has 8 heteroatoms. The standard InChI is InChI=1S/C21H34FN3O4/c22-12-4-1-10(2-5-12)19-17(20(23)27)13-9-11(3-8-16(13)29-19)14-6-7-15(26)18(25-14)21(24)28/h10-19,25-26H,1-9H2,(H2,23,27)(H2,24,28). The van der Waals surface area contributed by atoms with E-state index in [1.807, 2.05) is 0 Å². The van der Waals surface area contributed by atoms with Gasteiger partial charge in [-0.05, 0) is 75.5 Å². The molecule has 2 aliphatic heterocycles. The Morgan fingerprint density at radius 3 is 2.28 bits per heavy atom. The van der Waals surface area contributed by atoms with E-state index >= 15 is 0 Å². The molecule has 4 aliphatic rings. The lowest BCUT2D eigenvalue weighted by Crippen LogP contribution is -2.59. The van der Waals surface area contributed by atoms with Crippen LogP contribution in [-0.2, 0) is 14.3 Å². The van der Waals surface area contributed by atoms with E-state index in [9.17, 15) is 19.1 Å². The predicted molar refractivity (Wildman–Crippen MR) is 104 cm³/mol. The Bertz CT molecular complexity index is 627. The number of nitrogens with two attached hydrogens (primary N) is 2. The number of carbonyl (C=O) groups is 2. The molecular weight excluding hydrogens is 377 g/mol. The minimum absolute atomic E-state index is 0.0259. The van der Waals surface area contributed by atoms with E-state index in [4.69, 9.17) is 16.2 Å². The minimum Gasteiger partial charge on any atom is -0.391 e. The van der Waals surface area contributed by atoms with Crippen molar-refractivity contribution >= 4 is 11.8 Å². The van der Waals surface area contributed by atoms with Crippen molar-refractivity contribution < 1.29 is 23.8 Å². The summed E-state index contributed by atoms with van der Waals surface area (Å²) in [4.78, 5) is 24.0. The number of amides is 2. The third kappa shape index (κ3) is 4.16. The van der Waals surface area contributed by atoms with Crippen LogP contribution in [0.1, 0.15) is 57.8 Å². The maximum Gasteiger partial charge on any atom is 0.237 e. The number of primary amides is 2. The number of piperidine rings is 1. The molecule has 6 N–H and O–H groups in total. The first-order chi connectivity index (χ1) is 13.8. The smallest absolute Gasteiger partial charge is 0.237 e. The van der Waals surface area contributed by atoms with Gasteiger partial charge in [0.15, 0.2) is 0 Å². The molecule has 0 aromatic carbocycles. The average molecular weight is 412 g/mol. The number of hydrogen-bond acceptors (Lipinski definition) is 5. The zero-order valence-electron chi connectivity index (χ0n) is 16.8. The molecule has 2 heterocycles. The fourth-order valence-electron chi connectivity index (χ4n) is 6.42. The van der Waals surface area contributed by atoms with Crippen LogP contribution in [0.15, 0.2) is 0 Å². The van der Waals surface area contributed by atoms with E-state index in [-0.39, 0.29) is 47.8 Å². The van der Waals surface area contributed by atoms with Crippen LogP contribution in [0.4, 0.5) is 4.39 Å². The van der Waals surface area contributed by atoms with Gasteiger partial charge in [0.05, 0.1) is 24.2 Å². The lowest BCUT2D eigenvalue weighted by atomic mass is 9.68. The highest BCUT2D eigenvalue weighted by Crippen LogP contribution is 2.49. The summed E-state index contributed by atoms with van der Waals surface area (Å²) in [5.41, 5.74) is 11.3. The summed E-state index contributed by atoms with van der Waals surface area (Å²) in [5, 5.41) is 13.3. The maximum atomic E-state index is 13.6. The maximum absolute atomic E-state index is 13.6. The van der Waals surface area contributed by atoms with Crippen molar-refractivity contribution in [1.82, 2.24) is 5.32 Å². The second kappa shape index (κ2) is 8.47. The van der Waals surface area contributed by atoms with Crippen molar-refractivity contribution in [2.75, 3.05) is 0 Å². The molecule has 4 fully saturated rings. The number of nitrogens with one attached hydrogen (secondary N) is 1. The summed E-state index contributed by atoms with van der Waals surface area (Å²) in [5.74, 6) is -0.613. The Morgan fingerprint density at radius 2 is 1.62 bits per heavy atom. The van der Waals surface area contributed by atoms with Crippen molar-refractivity contribution in [2.24, 2.45) is 35.1 Å². The summed E-state index contributed by atoms with van der Waals surface area (Å²) in [7, 11) is 0. The van der Waals surface area contributed by atoms with Gasteiger partial charge in [-0.1, -0.05) is 0 Å². The van der Waals surface area contributed by atoms with E-state index in [2.05, 4.69) is 5.32 Å². The monoisotopic (exact) mass is 411 g/mol. The molecule has 0 radical (unpaired) electrons. The molecule has 0 aromatic rings. The molecule has 0 aromatic heterocycles. The van der Waals surface area contributed by atoms with Crippen molar-refractivity contribution in [2.45, 2.75) is 94.4 Å². The highest BCUT2D eigenvalue weighted by molar-refractivity contribution is 5.80. The van der Waals surface area contributed by atoms with Crippen LogP contribution in [0.5, 0.6) is 0 Å². The Labute approximate surface area is 171 Å². The van der Waals surface area contributed by atoms with Gasteiger partial charge in [0.1, 0.15) is 12.2 Å². The van der Waals surface area contributed by atoms with E-state index in [0.29, 0.717) is 19.3 Å². The fourth-order valence-corrected chi connectivity index (χ4v) is 6.42. The minimum atomic E-state index is -0.747. The van der Waals surface area contributed by atoms with Gasteiger partial charge in [0.25, 0.3) is 0 Å². The van der Waals surface area contributed by atoms with Gasteiger partial charge in [-0.3, -0.25) is 9.59 Å². The number of hydrogen-bond donors (Lipinski definition) is 4. The molecule has 2 aliphatic carbocycles. The number of fused-ring (bicyclic) bond motifs is 1. The van der Waals surface area contributed by atoms with Crippen LogP contribution in [-0.4, -0.2) is 53.5 Å². The third-order valence-electron chi connectivity index (χ3n) is 7.94. The van der Waals surface area contributed by atoms with Crippen LogP contribution in [0, 0.1) is 23.7 Å². The van der Waals surface area contributed by atoms with E-state index < -0.39 is 24.2 Å². The molecular formula is C21H34FN3O4. The normalized spacial score (nSPS) is 48.1. The molecule has 2 amide bonds. The average Bonchev–Trinajstić information content (AvgIpc) is 3.07. The van der Waals surface area contributed by atoms with E-state index in [0.717, 1.165) is 38.5 Å². The lowest BCUT2D eigenvalue weighted by molar-refractivity contribution is -0.126. The number of rotatable bonds is 4. The summed E-state index contributed by atoms with van der Waals surface area (Å²) in [6, 6.07) is -0.631. The van der Waals surface area contributed by atoms with Gasteiger partial charge in [0, 0.05) is 6.04 Å². The van der Waals surface area contributed by atoms with Gasteiger partial charge in [-0.15, -0.1) is 0 Å². The molecule has 7 nitrogen and oxygen atoms in total. The van der Waals surface area contributed by atoms with Crippen molar-refractivity contribution in [3.8, 4) is 0 Å². The van der Waals surface area contributed by atoms with Crippen LogP contribution in [0.2, 0.25) is 0 Å². The van der Waals surface area contributed by atoms with Crippen LogP contribution in [0.25, 0.3) is 0 Å². The molecule has 8 atom stereocenters. The summed E-state index contributed by atoms with van der Waals surface area (Å²) in [6.07, 6.45) is 4.85. The number of ether oxygens (including phenoxy) is 1. The third-order valence-corrected chi connectivity index (χ3v) is 7.94. The number of halogens is 1. The molecule has 2 saturated carbocycles. The van der Waals surface area contributed by atoms with Gasteiger partial charge in [-0.25, -0.2) is 4.39 Å². The molecule has 4 rings (SSSR count). The first kappa shape index (κ1) is 21.0. The van der Waals surface area contributed by atoms with Crippen molar-refractivity contribution in [1.29, 1.82) is 0 Å². The van der Waals surface area contributed by atoms with Crippen LogP contribution >= 0.6 is 0 Å². The second-order valence-electron chi connectivity index (χ2n) is 9.61. The molecule has 8 unspecified atom stereocenters. The summed E-state index contributed by atoms with van der Waals surface area (Å²) >= 11 is 0. The van der Waals surface area contributed by atoms with Crippen molar-refractivity contribution in [3.63, 3.8) is 0 Å². The van der Waals surface area contributed by atoms with Gasteiger partial charge >= 0.3 is 0 Å². The van der Waals surface area contributed by atoms with Gasteiger partial charge in [-0.2, -0.15) is 0 Å². The van der Waals surface area contributed by atoms with Crippen molar-refractivity contribution in [3.05, 3.63) is 0 Å². The largest absolute Gasteiger partial charge is 0.391 e. The zero-order valence-corrected chi connectivity index (χ0v) is 16.8. The Balaban J connectivity index is 1.45. The second-order valence-corrected chi connectivity index (χ2v) is 9.61. The first-order valence-corrected chi connectivity index (χ1v) is 11.2. The van der Waals surface area contributed by atoms with Crippen LogP contribution < -0.4 is 16.8 Å². The SMILES string of the molecule is NC(=O)C1NC(C2CCC3OC(C4CCC(F)CC4)C(C(N)=O)C3C2)CCC1O. The topological polar surface area (TPSA) is 128 Å². The van der Waals surface area contributed by atoms with E-state index in [1.165, 1.54) is 0 Å². The molecule has 2 saturated heterocycles. The zero-order chi connectivity index (χ0) is 20.7. The number of alkyl halides is 1. The van der Waals surface area contributed by atoms with Gasteiger partial charge < -0.3 is 26.6 Å². The number of carbonyl (C=O) groups excluding carboxylic acids is 2. The lowest BCUT2D eigenvalue weighted by Gasteiger charge is -2.41. The number of aliphatic hydroxyl groups excluding tert-OH is 1. The fraction of sp³-hybridized carbons (Fsp3) is 0.905. The predicted octanol–water partition coefficient (Wildman–Crippen LogP) is 0.767. The van der Waals surface area contributed by atoms with Gasteiger partial charge in [0.2, 0.25) is 11.8 Å². The van der Waals surface area contributed by atoms with Crippen LogP contribution in [0.3, 0.4) is 0 Å². The number of aliphatic hydroxyl groups is 1.